The minimum atomic E-state index is -0.0957. The molecule has 4 rings (SSSR count). The highest BCUT2D eigenvalue weighted by Gasteiger charge is 2.30. The van der Waals surface area contributed by atoms with E-state index in [2.05, 4.69) is 10.7 Å². The second kappa shape index (κ2) is 6.67. The van der Waals surface area contributed by atoms with Gasteiger partial charge in [-0.3, -0.25) is 4.79 Å². The number of rotatable bonds is 3. The maximum Gasteiger partial charge on any atom is 0.225 e. The first-order valence-corrected chi connectivity index (χ1v) is 9.36. The van der Waals surface area contributed by atoms with Crippen molar-refractivity contribution in [2.24, 2.45) is 0 Å². The van der Waals surface area contributed by atoms with E-state index in [4.69, 9.17) is 16.3 Å². The molecule has 2 N–H and O–H groups in total. The monoisotopic (exact) mass is 385 g/mol. The molecule has 0 spiro atoms. The van der Waals surface area contributed by atoms with Crippen molar-refractivity contribution in [3.8, 4) is 22.6 Å². The maximum absolute atomic E-state index is 12.3. The molecule has 0 saturated carbocycles. The normalized spacial score (nSPS) is 16.1. The van der Waals surface area contributed by atoms with Crippen molar-refractivity contribution in [3.05, 3.63) is 63.3 Å². The summed E-state index contributed by atoms with van der Waals surface area (Å²) in [4.78, 5) is 13.4. The number of benzene rings is 2. The summed E-state index contributed by atoms with van der Waals surface area (Å²) in [7, 11) is 1.51. The van der Waals surface area contributed by atoms with Crippen LogP contribution in [0, 0.1) is 0 Å². The molecule has 4 nitrogen and oxygen atoms in total. The number of phenols is 1. The lowest BCUT2D eigenvalue weighted by Crippen LogP contribution is -2.22. The van der Waals surface area contributed by atoms with Gasteiger partial charge in [0.05, 0.1) is 12.8 Å². The quantitative estimate of drug-likeness (QED) is 0.646. The fourth-order valence-corrected chi connectivity index (χ4v) is 4.55. The van der Waals surface area contributed by atoms with E-state index in [1.165, 1.54) is 7.11 Å². The minimum Gasteiger partial charge on any atom is -0.504 e. The molecule has 0 saturated heterocycles. The zero-order valence-electron chi connectivity index (χ0n) is 14.0. The van der Waals surface area contributed by atoms with Crippen LogP contribution in [0.15, 0.2) is 47.8 Å². The van der Waals surface area contributed by atoms with E-state index in [-0.39, 0.29) is 17.6 Å². The predicted molar refractivity (Wildman–Crippen MR) is 105 cm³/mol. The van der Waals surface area contributed by atoms with Gasteiger partial charge in [-0.25, -0.2) is 0 Å². The Labute approximate surface area is 160 Å². The second-order valence-electron chi connectivity index (χ2n) is 6.13. The number of amides is 1. The van der Waals surface area contributed by atoms with Crippen LogP contribution in [0.5, 0.6) is 11.5 Å². The highest BCUT2D eigenvalue weighted by molar-refractivity contribution is 7.11. The van der Waals surface area contributed by atoms with Crippen LogP contribution >= 0.6 is 22.9 Å². The van der Waals surface area contributed by atoms with Gasteiger partial charge in [-0.2, -0.15) is 0 Å². The van der Waals surface area contributed by atoms with Crippen LogP contribution in [0.25, 0.3) is 11.1 Å². The van der Waals surface area contributed by atoms with Crippen molar-refractivity contribution in [2.75, 3.05) is 12.4 Å². The van der Waals surface area contributed by atoms with Gasteiger partial charge < -0.3 is 15.2 Å². The molecule has 2 aromatic carbocycles. The van der Waals surface area contributed by atoms with Crippen LogP contribution in [0.3, 0.4) is 0 Å². The first kappa shape index (κ1) is 16.9. The van der Waals surface area contributed by atoms with Gasteiger partial charge in [-0.1, -0.05) is 29.8 Å². The summed E-state index contributed by atoms with van der Waals surface area (Å²) in [6, 6.07) is 12.9. The third kappa shape index (κ3) is 2.93. The van der Waals surface area contributed by atoms with Gasteiger partial charge in [0, 0.05) is 33.2 Å². The Morgan fingerprint density at radius 1 is 1.23 bits per heavy atom. The third-order valence-electron chi connectivity index (χ3n) is 4.55. The molecule has 0 bridgehead atoms. The van der Waals surface area contributed by atoms with Gasteiger partial charge in [0.2, 0.25) is 5.91 Å². The number of phenolic OH excluding ortho intramolecular Hbond substituents is 1. The highest BCUT2D eigenvalue weighted by atomic mass is 35.5. The van der Waals surface area contributed by atoms with Gasteiger partial charge in [-0.05, 0) is 35.4 Å². The molecular formula is C20H16ClNO3S. The van der Waals surface area contributed by atoms with E-state index >= 15 is 0 Å². The number of halogens is 1. The highest BCUT2D eigenvalue weighted by Crippen LogP contribution is 2.47. The van der Waals surface area contributed by atoms with Crippen molar-refractivity contribution in [1.29, 1.82) is 0 Å². The fourth-order valence-electron chi connectivity index (χ4n) is 3.26. The van der Waals surface area contributed by atoms with E-state index in [0.717, 1.165) is 27.3 Å². The van der Waals surface area contributed by atoms with Gasteiger partial charge in [0.25, 0.3) is 0 Å². The molecule has 26 heavy (non-hydrogen) atoms. The molecule has 3 aromatic rings. The Bertz CT molecular complexity index is 981. The zero-order chi connectivity index (χ0) is 18.3. The molecule has 1 aliphatic rings. The molecule has 2 heterocycles. The van der Waals surface area contributed by atoms with Crippen molar-refractivity contribution < 1.29 is 14.6 Å². The lowest BCUT2D eigenvalue weighted by atomic mass is 9.89. The average Bonchev–Trinajstić information content (AvgIpc) is 3.05. The number of ether oxygens (including phenoxy) is 1. The summed E-state index contributed by atoms with van der Waals surface area (Å²) in [6.07, 6.45) is 0.347. The summed E-state index contributed by atoms with van der Waals surface area (Å²) in [5, 5.41) is 15.8. The summed E-state index contributed by atoms with van der Waals surface area (Å²) in [6.45, 7) is 0. The number of methoxy groups -OCH3 is 1. The SMILES string of the molecule is COc1ccc([C@@H]2CC(=O)Nc3c(-c4ccc(Cl)cc4)csc32)cc1O. The van der Waals surface area contributed by atoms with E-state index < -0.39 is 0 Å². The Morgan fingerprint density at radius 3 is 2.69 bits per heavy atom. The van der Waals surface area contributed by atoms with Gasteiger partial charge in [-0.15, -0.1) is 11.3 Å². The number of aromatic hydroxyl groups is 1. The molecule has 0 aliphatic carbocycles. The molecule has 1 amide bonds. The second-order valence-corrected chi connectivity index (χ2v) is 7.48. The first-order chi connectivity index (χ1) is 12.6. The maximum atomic E-state index is 12.3. The Kier molecular flexibility index (Phi) is 4.34. The number of carbonyl (C=O) groups is 1. The molecule has 1 atom stereocenters. The fraction of sp³-hybridized carbons (Fsp3) is 0.150. The number of carbonyl (C=O) groups excluding carboxylic acids is 1. The number of anilines is 1. The summed E-state index contributed by atoms with van der Waals surface area (Å²) in [5.41, 5.74) is 3.72. The predicted octanol–water partition coefficient (Wildman–Crippen LogP) is 5.26. The molecule has 0 unspecified atom stereocenters. The van der Waals surface area contributed by atoms with Crippen LogP contribution in [-0.2, 0) is 4.79 Å². The Morgan fingerprint density at radius 2 is 2.00 bits per heavy atom. The molecule has 1 aliphatic heterocycles. The summed E-state index contributed by atoms with van der Waals surface area (Å²) < 4.78 is 5.11. The number of fused-ring (bicyclic) bond motifs is 1. The average molecular weight is 386 g/mol. The third-order valence-corrected chi connectivity index (χ3v) is 5.90. The lowest BCUT2D eigenvalue weighted by Gasteiger charge is -2.24. The van der Waals surface area contributed by atoms with Gasteiger partial charge >= 0.3 is 0 Å². The van der Waals surface area contributed by atoms with Gasteiger partial charge in [0.1, 0.15) is 0 Å². The largest absolute Gasteiger partial charge is 0.504 e. The first-order valence-electron chi connectivity index (χ1n) is 8.11. The van der Waals surface area contributed by atoms with Gasteiger partial charge in [0.15, 0.2) is 11.5 Å². The van der Waals surface area contributed by atoms with Crippen molar-refractivity contribution in [3.63, 3.8) is 0 Å². The van der Waals surface area contributed by atoms with Crippen LogP contribution in [0.2, 0.25) is 5.02 Å². The standard InChI is InChI=1S/C20H16ClNO3S/c1-25-17-7-4-12(8-16(17)23)14-9-18(24)22-19-15(10-26-20(14)19)11-2-5-13(21)6-3-11/h2-8,10,14,23H,9H2,1H3,(H,22,24)/t14-/m0/s1. The van der Waals surface area contributed by atoms with Crippen molar-refractivity contribution >= 4 is 34.5 Å². The number of hydrogen-bond acceptors (Lipinski definition) is 4. The topological polar surface area (TPSA) is 58.6 Å². The molecule has 132 valence electrons. The molecule has 6 heteroatoms. The van der Waals surface area contributed by atoms with E-state index in [1.54, 1.807) is 23.5 Å². The summed E-state index contributed by atoms with van der Waals surface area (Å²) >= 11 is 7.59. The lowest BCUT2D eigenvalue weighted by molar-refractivity contribution is -0.116. The minimum absolute atomic E-state index is 0.0357. The van der Waals surface area contributed by atoms with Crippen LogP contribution in [0.4, 0.5) is 5.69 Å². The number of nitrogens with one attached hydrogen (secondary N) is 1. The molecular weight excluding hydrogens is 370 g/mol. The number of hydrogen-bond donors (Lipinski definition) is 2. The Balaban J connectivity index is 1.78. The van der Waals surface area contributed by atoms with E-state index in [0.29, 0.717) is 17.2 Å². The van der Waals surface area contributed by atoms with Crippen molar-refractivity contribution in [2.45, 2.75) is 12.3 Å². The van der Waals surface area contributed by atoms with Crippen molar-refractivity contribution in [1.82, 2.24) is 0 Å². The van der Waals surface area contributed by atoms with Crippen LogP contribution in [-0.4, -0.2) is 18.1 Å². The molecule has 1 aromatic heterocycles. The van der Waals surface area contributed by atoms with Crippen LogP contribution in [0.1, 0.15) is 22.8 Å². The Hall–Kier alpha value is -2.50. The molecule has 0 fully saturated rings. The number of thiophene rings is 1. The van der Waals surface area contributed by atoms with E-state index in [9.17, 15) is 9.90 Å². The van der Waals surface area contributed by atoms with Crippen LogP contribution < -0.4 is 10.1 Å². The molecule has 0 radical (unpaired) electrons. The summed E-state index contributed by atoms with van der Waals surface area (Å²) in [5.74, 6) is 0.363. The zero-order valence-corrected chi connectivity index (χ0v) is 15.5. The van der Waals surface area contributed by atoms with E-state index in [1.807, 2.05) is 30.3 Å². The smallest absolute Gasteiger partial charge is 0.225 e.